The second-order valence-electron chi connectivity index (χ2n) is 7.70. The van der Waals surface area contributed by atoms with Crippen LogP contribution >= 0.6 is 0 Å². The van der Waals surface area contributed by atoms with Gasteiger partial charge in [-0.1, -0.05) is 18.2 Å². The van der Waals surface area contributed by atoms with E-state index in [0.29, 0.717) is 28.7 Å². The van der Waals surface area contributed by atoms with Gasteiger partial charge in [-0.15, -0.1) is 0 Å². The number of methoxy groups -OCH3 is 4. The molecule has 4 rings (SSSR count). The summed E-state index contributed by atoms with van der Waals surface area (Å²) >= 11 is 0. The number of hydrogen-bond donors (Lipinski definition) is 0. The van der Waals surface area contributed by atoms with Crippen molar-refractivity contribution in [3.05, 3.63) is 76.9 Å². The first-order valence-electron chi connectivity index (χ1n) is 10.5. The lowest BCUT2D eigenvalue weighted by Gasteiger charge is -2.38. The van der Waals surface area contributed by atoms with Crippen molar-refractivity contribution in [1.29, 1.82) is 0 Å². The van der Waals surface area contributed by atoms with E-state index < -0.39 is 12.0 Å². The van der Waals surface area contributed by atoms with Gasteiger partial charge in [-0.3, -0.25) is 4.79 Å². The first-order chi connectivity index (χ1) is 16.4. The molecule has 34 heavy (non-hydrogen) atoms. The van der Waals surface area contributed by atoms with Gasteiger partial charge >= 0.3 is 0 Å². The van der Waals surface area contributed by atoms with E-state index >= 15 is 0 Å². The zero-order valence-electron chi connectivity index (χ0n) is 19.3. The number of carbonyl (C=O) groups is 2. The number of carboxylic acids is 1. The Morgan fingerprint density at radius 3 is 2.15 bits per heavy atom. The highest BCUT2D eigenvalue weighted by Crippen LogP contribution is 2.44. The summed E-state index contributed by atoms with van der Waals surface area (Å²) in [6.07, 6.45) is 0.106. The van der Waals surface area contributed by atoms with Crippen LogP contribution in [0.3, 0.4) is 0 Å². The summed E-state index contributed by atoms with van der Waals surface area (Å²) in [5, 5.41) is 11.5. The number of aromatic carboxylic acids is 1. The molecule has 0 fully saturated rings. The second-order valence-corrected chi connectivity index (χ2v) is 7.70. The van der Waals surface area contributed by atoms with Crippen LogP contribution in [-0.4, -0.2) is 40.3 Å². The van der Waals surface area contributed by atoms with Crippen LogP contribution in [0.1, 0.15) is 33.1 Å². The van der Waals surface area contributed by atoms with Gasteiger partial charge in [-0.25, -0.2) is 0 Å². The van der Waals surface area contributed by atoms with E-state index in [1.165, 1.54) is 19.2 Å². The standard InChI is InChI=1S/C26H25NO7/c1-31-20-9-8-15(11-21(20)32-2)25-19-14-23(34-4)22(33-3)12-17(19)13-24(28)27(25)18-7-5-6-16(10-18)26(29)30/h5-12,14,25H,13H2,1-4H3,(H,29,30)/p-1/t25-/m1/s1. The number of benzene rings is 3. The molecule has 0 saturated heterocycles. The highest BCUT2D eigenvalue weighted by atomic mass is 16.5. The summed E-state index contributed by atoms with van der Waals surface area (Å²) in [6, 6.07) is 14.6. The van der Waals surface area contributed by atoms with Crippen molar-refractivity contribution in [2.45, 2.75) is 12.5 Å². The zero-order valence-corrected chi connectivity index (χ0v) is 19.3. The van der Waals surface area contributed by atoms with Crippen molar-refractivity contribution in [3.63, 3.8) is 0 Å². The minimum atomic E-state index is -1.32. The molecule has 1 aliphatic rings. The summed E-state index contributed by atoms with van der Waals surface area (Å²) in [5.74, 6) is 0.572. The van der Waals surface area contributed by atoms with Crippen molar-refractivity contribution in [1.82, 2.24) is 0 Å². The maximum Gasteiger partial charge on any atom is 0.232 e. The molecule has 0 radical (unpaired) electrons. The number of rotatable bonds is 7. The van der Waals surface area contributed by atoms with Crippen LogP contribution in [0.4, 0.5) is 5.69 Å². The lowest BCUT2D eigenvalue weighted by molar-refractivity contribution is -0.255. The third-order valence-electron chi connectivity index (χ3n) is 5.89. The molecule has 0 unspecified atom stereocenters. The number of hydrogen-bond acceptors (Lipinski definition) is 7. The predicted molar refractivity (Wildman–Crippen MR) is 123 cm³/mol. The van der Waals surface area contributed by atoms with Gasteiger partial charge in [0.05, 0.1) is 46.9 Å². The van der Waals surface area contributed by atoms with Crippen molar-refractivity contribution in [2.24, 2.45) is 0 Å². The minimum Gasteiger partial charge on any atom is -0.545 e. The van der Waals surface area contributed by atoms with Crippen LogP contribution in [0.15, 0.2) is 54.6 Å². The molecule has 0 aliphatic carbocycles. The molecule has 1 atom stereocenters. The Morgan fingerprint density at radius 1 is 0.853 bits per heavy atom. The number of ether oxygens (including phenoxy) is 4. The number of carboxylic acid groups (broad SMARTS) is 1. The van der Waals surface area contributed by atoms with Crippen LogP contribution in [0.25, 0.3) is 0 Å². The molecule has 3 aromatic rings. The Morgan fingerprint density at radius 2 is 1.50 bits per heavy atom. The van der Waals surface area contributed by atoms with Crippen LogP contribution in [0.5, 0.6) is 23.0 Å². The molecule has 0 aromatic heterocycles. The average Bonchev–Trinajstić information content (AvgIpc) is 2.86. The topological polar surface area (TPSA) is 97.4 Å². The summed E-state index contributed by atoms with van der Waals surface area (Å²) in [7, 11) is 6.17. The van der Waals surface area contributed by atoms with Gasteiger partial charge in [0.15, 0.2) is 23.0 Å². The zero-order chi connectivity index (χ0) is 24.4. The Bertz CT molecular complexity index is 1250. The van der Waals surface area contributed by atoms with Crippen LogP contribution < -0.4 is 29.0 Å². The largest absolute Gasteiger partial charge is 0.545 e. The summed E-state index contributed by atoms with van der Waals surface area (Å²) in [5.41, 5.74) is 2.78. The maximum atomic E-state index is 13.5. The SMILES string of the molecule is COc1ccc([C@@H]2c3cc(OC)c(OC)cc3CC(=O)N2c2cccc(C(=O)[O-])c2)cc1OC. The molecule has 1 amide bonds. The van der Waals surface area contributed by atoms with Gasteiger partial charge in [-0.05, 0) is 58.7 Å². The molecular weight excluding hydrogens is 438 g/mol. The fourth-order valence-electron chi connectivity index (χ4n) is 4.30. The molecule has 3 aromatic carbocycles. The third kappa shape index (κ3) is 3.98. The Kier molecular flexibility index (Phi) is 6.32. The molecule has 1 aliphatic heterocycles. The molecule has 8 heteroatoms. The lowest BCUT2D eigenvalue weighted by atomic mass is 9.86. The maximum absolute atomic E-state index is 13.5. The molecular formula is C26H24NO7-. The Labute approximate surface area is 197 Å². The van der Waals surface area contributed by atoms with E-state index in [9.17, 15) is 14.7 Å². The summed E-state index contributed by atoms with van der Waals surface area (Å²) in [4.78, 5) is 26.6. The number of carbonyl (C=O) groups excluding carboxylic acids is 2. The molecule has 0 spiro atoms. The van der Waals surface area contributed by atoms with E-state index in [1.807, 2.05) is 12.1 Å². The average molecular weight is 462 g/mol. The van der Waals surface area contributed by atoms with E-state index in [-0.39, 0.29) is 17.9 Å². The van der Waals surface area contributed by atoms with Gasteiger partial charge in [0.25, 0.3) is 0 Å². The van der Waals surface area contributed by atoms with Gasteiger partial charge in [-0.2, -0.15) is 0 Å². The quantitative estimate of drug-likeness (QED) is 0.533. The fraction of sp³-hybridized carbons (Fsp3) is 0.231. The number of amides is 1. The first-order valence-corrected chi connectivity index (χ1v) is 10.5. The third-order valence-corrected chi connectivity index (χ3v) is 5.89. The monoisotopic (exact) mass is 462 g/mol. The predicted octanol–water partition coefficient (Wildman–Crippen LogP) is 2.76. The summed E-state index contributed by atoms with van der Waals surface area (Å²) in [6.45, 7) is 0. The van der Waals surface area contributed by atoms with E-state index in [0.717, 1.165) is 16.7 Å². The molecule has 0 N–H and O–H groups in total. The van der Waals surface area contributed by atoms with Crippen LogP contribution in [-0.2, 0) is 11.2 Å². The lowest BCUT2D eigenvalue weighted by Crippen LogP contribution is -2.41. The minimum absolute atomic E-state index is 0.0190. The second kappa shape index (κ2) is 9.35. The summed E-state index contributed by atoms with van der Waals surface area (Å²) < 4.78 is 21.8. The number of nitrogens with zero attached hydrogens (tertiary/aromatic N) is 1. The highest BCUT2D eigenvalue weighted by molar-refractivity contribution is 5.99. The van der Waals surface area contributed by atoms with Gasteiger partial charge in [0, 0.05) is 5.69 Å². The van der Waals surface area contributed by atoms with Gasteiger partial charge < -0.3 is 33.7 Å². The van der Waals surface area contributed by atoms with Crippen molar-refractivity contribution in [3.8, 4) is 23.0 Å². The van der Waals surface area contributed by atoms with E-state index in [4.69, 9.17) is 18.9 Å². The number of fused-ring (bicyclic) bond motifs is 1. The van der Waals surface area contributed by atoms with Crippen LogP contribution in [0, 0.1) is 0 Å². The molecule has 0 bridgehead atoms. The number of anilines is 1. The van der Waals surface area contributed by atoms with Crippen molar-refractivity contribution < 1.29 is 33.6 Å². The smallest absolute Gasteiger partial charge is 0.232 e. The fourth-order valence-corrected chi connectivity index (χ4v) is 4.30. The molecule has 0 saturated carbocycles. The first kappa shape index (κ1) is 23.0. The van der Waals surface area contributed by atoms with Crippen molar-refractivity contribution in [2.75, 3.05) is 33.3 Å². The molecule has 1 heterocycles. The molecule has 8 nitrogen and oxygen atoms in total. The van der Waals surface area contributed by atoms with E-state index in [1.54, 1.807) is 56.6 Å². The normalized spacial score (nSPS) is 14.9. The molecule has 176 valence electrons. The highest BCUT2D eigenvalue weighted by Gasteiger charge is 2.36. The Balaban J connectivity index is 1.97. The van der Waals surface area contributed by atoms with Crippen molar-refractivity contribution >= 4 is 17.6 Å². The van der Waals surface area contributed by atoms with Crippen LogP contribution in [0.2, 0.25) is 0 Å². The van der Waals surface area contributed by atoms with Gasteiger partial charge in [0.2, 0.25) is 5.91 Å². The Hall–Kier alpha value is -4.20. The van der Waals surface area contributed by atoms with Gasteiger partial charge in [0.1, 0.15) is 0 Å². The van der Waals surface area contributed by atoms with E-state index in [2.05, 4.69) is 0 Å².